The van der Waals surface area contributed by atoms with Gasteiger partial charge in [0.15, 0.2) is 5.69 Å². The third kappa shape index (κ3) is 2.14. The summed E-state index contributed by atoms with van der Waals surface area (Å²) in [6, 6.07) is 13.2. The third-order valence-electron chi connectivity index (χ3n) is 4.64. The summed E-state index contributed by atoms with van der Waals surface area (Å²) < 4.78 is 16.2. The monoisotopic (exact) mass is 303 g/mol. The number of aryl methyl sites for hydroxylation is 2. The molecule has 23 heavy (non-hydrogen) atoms. The van der Waals surface area contributed by atoms with Crippen LogP contribution in [0.15, 0.2) is 53.1 Å². The molecule has 2 aromatic carbocycles. The van der Waals surface area contributed by atoms with E-state index < -0.39 is 0 Å². The first-order chi connectivity index (χ1) is 11.5. The van der Waals surface area contributed by atoms with Crippen molar-refractivity contribution in [3.63, 3.8) is 0 Å². The summed E-state index contributed by atoms with van der Waals surface area (Å²) in [5, 5.41) is 3.22. The number of benzene rings is 2. The second-order valence-corrected chi connectivity index (χ2v) is 6.29. The fourth-order valence-electron chi connectivity index (χ4n) is 3.29. The Morgan fingerprint density at radius 2 is 1.83 bits per heavy atom. The number of rotatable bonds is 1. The van der Waals surface area contributed by atoms with E-state index in [0.29, 0.717) is 6.04 Å². The zero-order valence-electron chi connectivity index (χ0n) is 14.9. The molecule has 4 aromatic rings. The first-order valence-corrected chi connectivity index (χ1v) is 7.85. The van der Waals surface area contributed by atoms with E-state index >= 15 is 0 Å². The highest BCUT2D eigenvalue weighted by Crippen LogP contribution is 2.32. The van der Waals surface area contributed by atoms with Crippen LogP contribution >= 0.6 is 0 Å². The highest BCUT2D eigenvalue weighted by atomic mass is 16.3. The van der Waals surface area contributed by atoms with Crippen LogP contribution < -0.4 is 4.57 Å². The van der Waals surface area contributed by atoms with Crippen molar-refractivity contribution in [2.24, 2.45) is 7.05 Å². The quantitative estimate of drug-likeness (QED) is 0.452. The number of hydrogen-bond acceptors (Lipinski definition) is 1. The molecule has 0 spiro atoms. The van der Waals surface area contributed by atoms with Gasteiger partial charge in [0, 0.05) is 18.4 Å². The average molecular weight is 303 g/mol. The molecular weight excluding hydrogens is 282 g/mol. The van der Waals surface area contributed by atoms with Crippen molar-refractivity contribution >= 4 is 21.7 Å². The third-order valence-corrected chi connectivity index (χ3v) is 4.64. The Hall–Kier alpha value is -2.61. The molecule has 0 amide bonds. The van der Waals surface area contributed by atoms with Crippen LogP contribution in [0.5, 0.6) is 0 Å². The van der Waals surface area contributed by atoms with Gasteiger partial charge >= 0.3 is 0 Å². The van der Waals surface area contributed by atoms with Gasteiger partial charge in [-0.15, -0.1) is 0 Å². The molecule has 0 aliphatic rings. The largest absolute Gasteiger partial charge is 0.464 e. The molecule has 2 aromatic heterocycles. The van der Waals surface area contributed by atoms with E-state index in [1.165, 1.54) is 11.1 Å². The Kier molecular flexibility index (Phi) is 2.77. The van der Waals surface area contributed by atoms with E-state index in [1.54, 1.807) is 6.26 Å². The van der Waals surface area contributed by atoms with Gasteiger partial charge in [0.25, 0.3) is 0 Å². The van der Waals surface area contributed by atoms with Crippen LogP contribution in [0.4, 0.5) is 0 Å². The lowest BCUT2D eigenvalue weighted by Gasteiger charge is -2.10. The second-order valence-electron chi connectivity index (χ2n) is 6.29. The van der Waals surface area contributed by atoms with Gasteiger partial charge in [-0.05, 0) is 49.1 Å². The minimum atomic E-state index is 0.591. The van der Waals surface area contributed by atoms with Crippen molar-refractivity contribution < 1.29 is 10.4 Å². The van der Waals surface area contributed by atoms with Crippen LogP contribution in [-0.2, 0) is 7.05 Å². The molecule has 0 aliphatic heterocycles. The molecule has 0 bridgehead atoms. The van der Waals surface area contributed by atoms with Gasteiger partial charge in [-0.2, -0.15) is 4.57 Å². The van der Waals surface area contributed by atoms with E-state index in [4.69, 9.17) is 5.79 Å². The maximum absolute atomic E-state index is 8.48. The first-order valence-electron chi connectivity index (χ1n) is 8.35. The Morgan fingerprint density at radius 3 is 2.65 bits per heavy atom. The summed E-state index contributed by atoms with van der Waals surface area (Å²) in [4.78, 5) is 0. The molecule has 0 saturated heterocycles. The Labute approximate surface area is 137 Å². The van der Waals surface area contributed by atoms with Crippen molar-refractivity contribution in [1.82, 2.24) is 0 Å². The van der Waals surface area contributed by atoms with E-state index in [-0.39, 0.29) is 0 Å². The molecule has 0 saturated carbocycles. The number of aromatic nitrogens is 1. The molecule has 0 fully saturated rings. The van der Waals surface area contributed by atoms with Crippen LogP contribution in [0, 0.1) is 20.8 Å². The van der Waals surface area contributed by atoms with Gasteiger partial charge < -0.3 is 4.42 Å². The van der Waals surface area contributed by atoms with Crippen molar-refractivity contribution in [1.29, 1.82) is 0 Å². The molecule has 4 rings (SSSR count). The zero-order valence-corrected chi connectivity index (χ0v) is 13.9. The van der Waals surface area contributed by atoms with Crippen molar-refractivity contribution in [2.75, 3.05) is 0 Å². The lowest BCUT2D eigenvalue weighted by molar-refractivity contribution is -0.665. The number of furan rings is 1. The number of pyridine rings is 1. The first kappa shape index (κ1) is 12.9. The molecular formula is C21H20NO+. The number of fused-ring (bicyclic) bond motifs is 2. The van der Waals surface area contributed by atoms with Crippen molar-refractivity contribution in [3.05, 3.63) is 65.5 Å². The smallest absolute Gasteiger partial charge is 0.220 e. The zero-order chi connectivity index (χ0) is 17.0. The number of nitrogens with zero attached hydrogens (tertiary/aromatic N) is 1. The molecule has 2 heterocycles. The predicted octanol–water partition coefficient (Wildman–Crippen LogP) is 5.00. The van der Waals surface area contributed by atoms with Gasteiger partial charge in [-0.3, -0.25) is 0 Å². The Balaban J connectivity index is 2.18. The molecule has 114 valence electrons. The van der Waals surface area contributed by atoms with Crippen LogP contribution in [0.25, 0.3) is 33.0 Å². The summed E-state index contributed by atoms with van der Waals surface area (Å²) in [5.74, 6) is 0. The maximum atomic E-state index is 8.48. The SMILES string of the molecule is [2H]c1c(C)[n+](C)c(-c2cc3occc3cc2C)c2cc(C)ccc12. The van der Waals surface area contributed by atoms with E-state index in [9.17, 15) is 0 Å². The molecule has 0 unspecified atom stereocenters. The average Bonchev–Trinajstić information content (AvgIpc) is 3.00. The minimum absolute atomic E-state index is 0.591. The summed E-state index contributed by atoms with van der Waals surface area (Å²) >= 11 is 0. The lowest BCUT2D eigenvalue weighted by atomic mass is 9.97. The molecule has 0 atom stereocenters. The second kappa shape index (κ2) is 4.95. The Morgan fingerprint density at radius 1 is 1.00 bits per heavy atom. The van der Waals surface area contributed by atoms with E-state index in [0.717, 1.165) is 38.7 Å². The summed E-state index contributed by atoms with van der Waals surface area (Å²) in [5.41, 5.74) is 6.55. The Bertz CT molecular complexity index is 1110. The topological polar surface area (TPSA) is 17.0 Å². The normalized spacial score (nSPS) is 12.1. The fourth-order valence-corrected chi connectivity index (χ4v) is 3.29. The van der Waals surface area contributed by atoms with Crippen molar-refractivity contribution in [3.8, 4) is 11.3 Å². The molecule has 2 heteroatoms. The summed E-state index contributed by atoms with van der Waals surface area (Å²) in [7, 11) is 2.04. The highest BCUT2D eigenvalue weighted by molar-refractivity contribution is 5.96. The molecule has 2 nitrogen and oxygen atoms in total. The van der Waals surface area contributed by atoms with Crippen LogP contribution in [0.2, 0.25) is 0 Å². The number of hydrogen-bond donors (Lipinski definition) is 0. The fraction of sp³-hybridized carbons (Fsp3) is 0.190. The van der Waals surface area contributed by atoms with Gasteiger partial charge in [0.1, 0.15) is 12.6 Å². The van der Waals surface area contributed by atoms with Crippen LogP contribution in [0.1, 0.15) is 18.2 Å². The van der Waals surface area contributed by atoms with E-state index in [1.807, 2.05) is 20.0 Å². The molecule has 0 radical (unpaired) electrons. The van der Waals surface area contributed by atoms with Gasteiger partial charge in [-0.25, -0.2) is 0 Å². The predicted molar refractivity (Wildman–Crippen MR) is 94.5 cm³/mol. The molecule has 0 N–H and O–H groups in total. The van der Waals surface area contributed by atoms with Gasteiger partial charge in [0.2, 0.25) is 5.69 Å². The van der Waals surface area contributed by atoms with Crippen LogP contribution in [0.3, 0.4) is 0 Å². The lowest BCUT2D eigenvalue weighted by Crippen LogP contribution is -2.35. The maximum Gasteiger partial charge on any atom is 0.220 e. The summed E-state index contributed by atoms with van der Waals surface area (Å²) in [6.45, 7) is 6.23. The highest BCUT2D eigenvalue weighted by Gasteiger charge is 2.20. The standard InChI is InChI=1S/C21H20NO/c1-13-5-6-16-11-15(3)22(4)21(19(16)9-13)18-12-20-17(7-8-23-20)10-14(18)2/h5-12H,1-4H3/q+1/i11D. The minimum Gasteiger partial charge on any atom is -0.464 e. The molecule has 0 aliphatic carbocycles. The van der Waals surface area contributed by atoms with Gasteiger partial charge in [-0.1, -0.05) is 17.7 Å². The van der Waals surface area contributed by atoms with Crippen LogP contribution in [-0.4, -0.2) is 0 Å². The van der Waals surface area contributed by atoms with Gasteiger partial charge in [0.05, 0.1) is 18.6 Å². The van der Waals surface area contributed by atoms with E-state index in [2.05, 4.69) is 48.7 Å². The van der Waals surface area contributed by atoms with Crippen molar-refractivity contribution in [2.45, 2.75) is 20.8 Å². The summed E-state index contributed by atoms with van der Waals surface area (Å²) in [6.07, 6.45) is 1.73.